The smallest absolute Gasteiger partial charge is 0.353 e. The van der Waals surface area contributed by atoms with E-state index in [1.165, 1.54) is 12.1 Å². The number of halogens is 2. The van der Waals surface area contributed by atoms with Crippen LogP contribution in [0.15, 0.2) is 12.1 Å². The van der Waals surface area contributed by atoms with Gasteiger partial charge in [0.1, 0.15) is 11.3 Å². The number of aromatic amines is 1. The van der Waals surface area contributed by atoms with Crippen LogP contribution in [0.5, 0.6) is 0 Å². The molecule has 0 radical (unpaired) electrons. The number of carbonyl (C=O) groups is 1. The van der Waals surface area contributed by atoms with Crippen molar-refractivity contribution in [2.45, 2.75) is 0 Å². The monoisotopic (exact) mass is 306 g/mol. The Morgan fingerprint density at radius 1 is 1.57 bits per heavy atom. The SMILES string of the molecule is O=C(O)c1[nH]c2nc(F)ccc2c1I. The van der Waals surface area contributed by atoms with Gasteiger partial charge in [-0.05, 0) is 34.7 Å². The fourth-order valence-electron chi connectivity index (χ4n) is 1.16. The molecule has 0 bridgehead atoms. The second-order valence-electron chi connectivity index (χ2n) is 2.65. The van der Waals surface area contributed by atoms with Crippen molar-refractivity contribution in [3.63, 3.8) is 0 Å². The lowest BCUT2D eigenvalue weighted by Crippen LogP contribution is -1.98. The first kappa shape index (κ1) is 9.38. The Morgan fingerprint density at radius 3 is 2.93 bits per heavy atom. The Bertz CT molecular complexity index is 523. The van der Waals surface area contributed by atoms with E-state index in [1.54, 1.807) is 0 Å². The predicted molar refractivity (Wildman–Crippen MR) is 55.7 cm³/mol. The van der Waals surface area contributed by atoms with E-state index >= 15 is 0 Å². The van der Waals surface area contributed by atoms with Crippen LogP contribution in [-0.2, 0) is 0 Å². The maximum atomic E-state index is 12.7. The van der Waals surface area contributed by atoms with Crippen molar-refractivity contribution in [1.82, 2.24) is 9.97 Å². The Hall–Kier alpha value is -1.18. The zero-order valence-corrected chi connectivity index (χ0v) is 8.87. The van der Waals surface area contributed by atoms with Gasteiger partial charge in [0.15, 0.2) is 0 Å². The van der Waals surface area contributed by atoms with Crippen LogP contribution < -0.4 is 0 Å². The lowest BCUT2D eigenvalue weighted by Gasteiger charge is -1.88. The van der Waals surface area contributed by atoms with Crippen molar-refractivity contribution >= 4 is 39.6 Å². The molecule has 0 aliphatic carbocycles. The molecule has 0 fully saturated rings. The number of hydrogen-bond acceptors (Lipinski definition) is 2. The normalized spacial score (nSPS) is 10.7. The van der Waals surface area contributed by atoms with Crippen LogP contribution >= 0.6 is 22.6 Å². The summed E-state index contributed by atoms with van der Waals surface area (Å²) in [7, 11) is 0. The number of nitrogens with zero attached hydrogens (tertiary/aromatic N) is 1. The largest absolute Gasteiger partial charge is 0.477 e. The minimum Gasteiger partial charge on any atom is -0.477 e. The molecule has 2 N–H and O–H groups in total. The fraction of sp³-hybridized carbons (Fsp3) is 0. The topological polar surface area (TPSA) is 66.0 Å². The third kappa shape index (κ3) is 1.35. The first-order valence-electron chi connectivity index (χ1n) is 3.66. The summed E-state index contributed by atoms with van der Waals surface area (Å²) < 4.78 is 13.2. The number of carboxylic acids is 1. The van der Waals surface area contributed by atoms with Gasteiger partial charge in [0.05, 0.1) is 3.57 Å². The van der Waals surface area contributed by atoms with E-state index in [0.717, 1.165) is 0 Å². The van der Waals surface area contributed by atoms with Crippen molar-refractivity contribution < 1.29 is 14.3 Å². The van der Waals surface area contributed by atoms with Crippen molar-refractivity contribution in [1.29, 1.82) is 0 Å². The number of pyridine rings is 1. The first-order chi connectivity index (χ1) is 6.59. The van der Waals surface area contributed by atoms with Crippen molar-refractivity contribution in [3.05, 3.63) is 27.3 Å². The molecule has 0 unspecified atom stereocenters. The molecule has 0 amide bonds. The van der Waals surface area contributed by atoms with Gasteiger partial charge in [0, 0.05) is 5.39 Å². The molecule has 0 spiro atoms. The third-order valence-corrected chi connectivity index (χ3v) is 2.89. The van der Waals surface area contributed by atoms with Gasteiger partial charge in [-0.3, -0.25) is 0 Å². The molecule has 2 rings (SSSR count). The summed E-state index contributed by atoms with van der Waals surface area (Å²) in [5.74, 6) is -1.71. The van der Waals surface area contributed by atoms with Crippen LogP contribution in [-0.4, -0.2) is 21.0 Å². The van der Waals surface area contributed by atoms with E-state index < -0.39 is 11.9 Å². The summed E-state index contributed by atoms with van der Waals surface area (Å²) >= 11 is 1.89. The highest BCUT2D eigenvalue weighted by molar-refractivity contribution is 14.1. The van der Waals surface area contributed by atoms with E-state index in [-0.39, 0.29) is 11.3 Å². The van der Waals surface area contributed by atoms with E-state index in [9.17, 15) is 9.18 Å². The van der Waals surface area contributed by atoms with Crippen molar-refractivity contribution in [2.75, 3.05) is 0 Å². The van der Waals surface area contributed by atoms with Gasteiger partial charge in [-0.15, -0.1) is 0 Å². The number of rotatable bonds is 1. The molecule has 0 atom stereocenters. The van der Waals surface area contributed by atoms with Crippen LogP contribution in [0.3, 0.4) is 0 Å². The number of nitrogens with one attached hydrogen (secondary N) is 1. The van der Waals surface area contributed by atoms with Crippen LogP contribution in [0.4, 0.5) is 4.39 Å². The average molecular weight is 306 g/mol. The lowest BCUT2D eigenvalue weighted by molar-refractivity contribution is 0.0690. The summed E-state index contributed by atoms with van der Waals surface area (Å²) in [5.41, 5.74) is 0.297. The van der Waals surface area contributed by atoms with Crippen LogP contribution in [0.25, 0.3) is 11.0 Å². The number of aromatic nitrogens is 2. The minimum atomic E-state index is -1.08. The second-order valence-corrected chi connectivity index (χ2v) is 3.73. The number of hydrogen-bond donors (Lipinski definition) is 2. The molecular formula is C8H4FIN2O2. The van der Waals surface area contributed by atoms with Gasteiger partial charge in [-0.2, -0.15) is 4.39 Å². The molecule has 14 heavy (non-hydrogen) atoms. The first-order valence-corrected chi connectivity index (χ1v) is 4.74. The molecule has 0 aromatic carbocycles. The van der Waals surface area contributed by atoms with E-state index in [4.69, 9.17) is 5.11 Å². The Labute approximate surface area is 91.3 Å². The number of H-pyrrole nitrogens is 1. The lowest BCUT2D eigenvalue weighted by atomic mass is 10.3. The summed E-state index contributed by atoms with van der Waals surface area (Å²) in [6, 6.07) is 2.70. The summed E-state index contributed by atoms with van der Waals surface area (Å²) in [5, 5.41) is 9.39. The van der Waals surface area contributed by atoms with Gasteiger partial charge in [-0.25, -0.2) is 9.78 Å². The molecular weight excluding hydrogens is 302 g/mol. The summed E-state index contributed by atoms with van der Waals surface area (Å²) in [6.45, 7) is 0. The zero-order valence-electron chi connectivity index (χ0n) is 6.71. The van der Waals surface area contributed by atoms with E-state index in [2.05, 4.69) is 9.97 Å². The third-order valence-electron chi connectivity index (χ3n) is 1.77. The molecule has 6 heteroatoms. The molecule has 0 aliphatic rings. The molecule has 0 saturated heterocycles. The average Bonchev–Trinajstić information content (AvgIpc) is 2.43. The predicted octanol–water partition coefficient (Wildman–Crippen LogP) is 2.00. The van der Waals surface area contributed by atoms with E-state index in [1.807, 2.05) is 22.6 Å². The number of fused-ring (bicyclic) bond motifs is 1. The highest BCUT2D eigenvalue weighted by Crippen LogP contribution is 2.22. The quantitative estimate of drug-likeness (QED) is 0.625. The Balaban J connectivity index is 2.79. The zero-order chi connectivity index (χ0) is 10.3. The van der Waals surface area contributed by atoms with E-state index in [0.29, 0.717) is 8.96 Å². The molecule has 2 aromatic heterocycles. The molecule has 2 heterocycles. The second kappa shape index (κ2) is 3.19. The standard InChI is InChI=1S/C8H4FIN2O2/c9-4-2-1-3-5(10)6(8(13)14)12-7(3)11-4/h1-2H,(H,11,12)(H,13,14). The highest BCUT2D eigenvalue weighted by Gasteiger charge is 2.15. The molecule has 4 nitrogen and oxygen atoms in total. The molecule has 72 valence electrons. The molecule has 0 aliphatic heterocycles. The van der Waals surface area contributed by atoms with Crippen molar-refractivity contribution in [3.8, 4) is 0 Å². The highest BCUT2D eigenvalue weighted by atomic mass is 127. The number of aromatic carboxylic acids is 1. The van der Waals surface area contributed by atoms with Gasteiger partial charge in [-0.1, -0.05) is 0 Å². The minimum absolute atomic E-state index is 0.0405. The van der Waals surface area contributed by atoms with Crippen molar-refractivity contribution in [2.24, 2.45) is 0 Å². The summed E-state index contributed by atoms with van der Waals surface area (Å²) in [4.78, 5) is 16.8. The molecule has 2 aromatic rings. The van der Waals surface area contributed by atoms with Crippen LogP contribution in [0.1, 0.15) is 10.5 Å². The maximum absolute atomic E-state index is 12.7. The maximum Gasteiger partial charge on any atom is 0.353 e. The Kier molecular flexibility index (Phi) is 2.14. The van der Waals surface area contributed by atoms with Gasteiger partial charge >= 0.3 is 5.97 Å². The van der Waals surface area contributed by atoms with Crippen LogP contribution in [0, 0.1) is 9.52 Å². The van der Waals surface area contributed by atoms with Gasteiger partial charge in [0.25, 0.3) is 0 Å². The van der Waals surface area contributed by atoms with Crippen LogP contribution in [0.2, 0.25) is 0 Å². The molecule has 0 saturated carbocycles. The fourth-order valence-corrected chi connectivity index (χ4v) is 1.96. The number of carboxylic acid groups (broad SMARTS) is 1. The Morgan fingerprint density at radius 2 is 2.29 bits per heavy atom. The summed E-state index contributed by atoms with van der Waals surface area (Å²) in [6.07, 6.45) is 0. The van der Waals surface area contributed by atoms with Gasteiger partial charge < -0.3 is 10.1 Å². The van der Waals surface area contributed by atoms with Gasteiger partial charge in [0.2, 0.25) is 5.95 Å².